The van der Waals surface area contributed by atoms with Crippen molar-refractivity contribution < 1.29 is 9.47 Å². The van der Waals surface area contributed by atoms with Crippen LogP contribution in [-0.4, -0.2) is 35.1 Å². The number of anilines is 2. The number of methoxy groups -OCH3 is 1. The van der Waals surface area contributed by atoms with Gasteiger partial charge in [-0.2, -0.15) is 0 Å². The summed E-state index contributed by atoms with van der Waals surface area (Å²) in [6, 6.07) is 22.5. The van der Waals surface area contributed by atoms with Crippen LogP contribution in [0.25, 0.3) is 20.0 Å². The van der Waals surface area contributed by atoms with Gasteiger partial charge in [0.1, 0.15) is 24.4 Å². The van der Waals surface area contributed by atoms with Crippen LogP contribution in [0.2, 0.25) is 0 Å². The van der Waals surface area contributed by atoms with E-state index in [1.54, 1.807) is 24.8 Å². The van der Waals surface area contributed by atoms with Crippen molar-refractivity contribution in [2.75, 3.05) is 25.5 Å². The first kappa shape index (κ1) is 23.9. The summed E-state index contributed by atoms with van der Waals surface area (Å²) in [6.45, 7) is 3.97. The van der Waals surface area contributed by atoms with Crippen molar-refractivity contribution in [3.8, 4) is 21.3 Å². The first-order valence-corrected chi connectivity index (χ1v) is 14.1. The van der Waals surface area contributed by atoms with Gasteiger partial charge >= 0.3 is 0 Å². The minimum Gasteiger partial charge on any atom is -0.497 e. The average Bonchev–Trinajstić information content (AvgIpc) is 3.70. The van der Waals surface area contributed by atoms with Crippen molar-refractivity contribution in [3.05, 3.63) is 83.5 Å². The molecule has 0 saturated carbocycles. The number of benzene rings is 2. The highest BCUT2D eigenvalue weighted by Gasteiger charge is 2.15. The van der Waals surface area contributed by atoms with Gasteiger partial charge in [-0.25, -0.2) is 9.97 Å². The van der Waals surface area contributed by atoms with E-state index in [0.717, 1.165) is 45.3 Å². The summed E-state index contributed by atoms with van der Waals surface area (Å²) in [5.74, 6) is 2.44. The van der Waals surface area contributed by atoms with E-state index in [-0.39, 0.29) is 0 Å². The molecule has 0 aliphatic carbocycles. The summed E-state index contributed by atoms with van der Waals surface area (Å²) < 4.78 is 12.3. The lowest BCUT2D eigenvalue weighted by molar-refractivity contribution is 0.306. The first-order chi connectivity index (χ1) is 18.2. The van der Waals surface area contributed by atoms with Crippen LogP contribution in [-0.2, 0) is 13.2 Å². The quantitative estimate of drug-likeness (QED) is 0.216. The van der Waals surface area contributed by atoms with Gasteiger partial charge in [-0.15, -0.1) is 22.7 Å². The van der Waals surface area contributed by atoms with E-state index in [4.69, 9.17) is 9.47 Å². The smallest absolute Gasteiger partial charge is 0.151 e. The Morgan fingerprint density at radius 3 is 2.59 bits per heavy atom. The van der Waals surface area contributed by atoms with E-state index in [9.17, 15) is 0 Å². The number of nitrogens with one attached hydrogen (secondary N) is 1. The molecule has 1 aliphatic heterocycles. The molecule has 0 radical (unpaired) electrons. The molecule has 0 bridgehead atoms. The van der Waals surface area contributed by atoms with Crippen molar-refractivity contribution in [2.24, 2.45) is 0 Å². The third-order valence-corrected chi connectivity index (χ3v) is 8.85. The molecule has 1 N–H and O–H groups in total. The van der Waals surface area contributed by atoms with Crippen molar-refractivity contribution >= 4 is 44.4 Å². The largest absolute Gasteiger partial charge is 0.497 e. The molecule has 1 saturated heterocycles. The summed E-state index contributed by atoms with van der Waals surface area (Å²) in [5, 5.41) is 3.48. The van der Waals surface area contributed by atoms with E-state index in [1.807, 2.05) is 59.9 Å². The molecule has 37 heavy (non-hydrogen) atoms. The molecule has 6 rings (SSSR count). The maximum atomic E-state index is 6.03. The summed E-state index contributed by atoms with van der Waals surface area (Å²) in [7, 11) is 1.67. The Morgan fingerprint density at radius 2 is 1.76 bits per heavy atom. The number of likely N-dealkylation sites (tertiary alicyclic amines) is 1. The molecule has 0 atom stereocenters. The number of hydrogen-bond donors (Lipinski definition) is 1. The summed E-state index contributed by atoms with van der Waals surface area (Å²) in [6.07, 6.45) is 4.26. The van der Waals surface area contributed by atoms with Crippen molar-refractivity contribution in [1.82, 2.24) is 14.9 Å². The fraction of sp³-hybridized carbons (Fsp3) is 0.241. The van der Waals surface area contributed by atoms with Crippen molar-refractivity contribution in [1.29, 1.82) is 0 Å². The monoisotopic (exact) mass is 528 g/mol. The predicted octanol–water partition coefficient (Wildman–Crippen LogP) is 7.35. The lowest BCUT2D eigenvalue weighted by atomic mass is 10.2. The van der Waals surface area contributed by atoms with Crippen LogP contribution in [0.3, 0.4) is 0 Å². The second-order valence-electron chi connectivity index (χ2n) is 9.09. The van der Waals surface area contributed by atoms with Crippen LogP contribution in [0.1, 0.15) is 23.3 Å². The van der Waals surface area contributed by atoms with Gasteiger partial charge in [-0.05, 0) is 74.0 Å². The van der Waals surface area contributed by atoms with Crippen LogP contribution < -0.4 is 14.8 Å². The molecule has 0 unspecified atom stereocenters. The first-order valence-electron chi connectivity index (χ1n) is 12.4. The maximum absolute atomic E-state index is 6.03. The fourth-order valence-electron chi connectivity index (χ4n) is 4.51. The fourth-order valence-corrected chi connectivity index (χ4v) is 6.70. The van der Waals surface area contributed by atoms with Gasteiger partial charge in [0.15, 0.2) is 5.82 Å². The SMILES string of the molecule is COc1ccc(COc2cccc(Nc3ncnc4cc(-c5ccc(CN6CCCC6)s5)sc34)c2)cc1. The number of nitrogens with zero attached hydrogens (tertiary/aromatic N) is 3. The Kier molecular flexibility index (Phi) is 7.03. The van der Waals surface area contributed by atoms with E-state index in [0.29, 0.717) is 6.61 Å². The zero-order valence-corrected chi connectivity index (χ0v) is 22.3. The molecule has 6 nitrogen and oxygen atoms in total. The van der Waals surface area contributed by atoms with Gasteiger partial charge in [0, 0.05) is 32.9 Å². The zero-order chi connectivity index (χ0) is 25.0. The molecule has 8 heteroatoms. The number of thiophene rings is 2. The van der Waals surface area contributed by atoms with Crippen molar-refractivity contribution in [3.63, 3.8) is 0 Å². The van der Waals surface area contributed by atoms with Gasteiger partial charge < -0.3 is 14.8 Å². The zero-order valence-electron chi connectivity index (χ0n) is 20.6. The Bertz CT molecular complexity index is 1490. The Balaban J connectivity index is 1.16. The number of hydrogen-bond acceptors (Lipinski definition) is 8. The van der Waals surface area contributed by atoms with Gasteiger partial charge in [0.25, 0.3) is 0 Å². The highest BCUT2D eigenvalue weighted by atomic mass is 32.1. The van der Waals surface area contributed by atoms with Gasteiger partial charge in [-0.1, -0.05) is 18.2 Å². The molecule has 5 aromatic rings. The molecule has 0 spiro atoms. The molecule has 1 aliphatic rings. The minimum atomic E-state index is 0.486. The van der Waals surface area contributed by atoms with E-state index >= 15 is 0 Å². The summed E-state index contributed by atoms with van der Waals surface area (Å²) in [4.78, 5) is 15.6. The molecule has 2 aromatic carbocycles. The topological polar surface area (TPSA) is 59.5 Å². The molecule has 0 amide bonds. The normalized spacial score (nSPS) is 13.8. The van der Waals surface area contributed by atoms with Crippen LogP contribution in [0, 0.1) is 0 Å². The highest BCUT2D eigenvalue weighted by Crippen LogP contribution is 2.39. The van der Waals surface area contributed by atoms with E-state index in [2.05, 4.69) is 38.4 Å². The number of rotatable bonds is 9. The third kappa shape index (κ3) is 5.61. The van der Waals surface area contributed by atoms with Gasteiger partial charge in [0.05, 0.1) is 17.3 Å². The third-order valence-electron chi connectivity index (χ3n) is 6.46. The molecule has 188 valence electrons. The second-order valence-corrected chi connectivity index (χ2v) is 11.3. The highest BCUT2D eigenvalue weighted by molar-refractivity contribution is 7.26. The maximum Gasteiger partial charge on any atom is 0.151 e. The lowest BCUT2D eigenvalue weighted by Crippen LogP contribution is -2.17. The number of ether oxygens (including phenoxy) is 2. The predicted molar refractivity (Wildman–Crippen MR) is 152 cm³/mol. The van der Waals surface area contributed by atoms with E-state index < -0.39 is 0 Å². The molecule has 3 aromatic heterocycles. The Labute approximate surface area is 224 Å². The van der Waals surface area contributed by atoms with Crippen LogP contribution in [0.4, 0.5) is 11.5 Å². The summed E-state index contributed by atoms with van der Waals surface area (Å²) >= 11 is 3.62. The van der Waals surface area contributed by atoms with Crippen LogP contribution >= 0.6 is 22.7 Å². The Morgan fingerprint density at radius 1 is 0.892 bits per heavy atom. The molecule has 4 heterocycles. The van der Waals surface area contributed by atoms with Gasteiger partial charge in [0.2, 0.25) is 0 Å². The number of aromatic nitrogens is 2. The lowest BCUT2D eigenvalue weighted by Gasteiger charge is -2.12. The molecular formula is C29H28N4O2S2. The van der Waals surface area contributed by atoms with E-state index in [1.165, 1.54) is 40.6 Å². The van der Waals surface area contributed by atoms with Crippen LogP contribution in [0.15, 0.2) is 73.1 Å². The molecular weight excluding hydrogens is 500 g/mol. The number of fused-ring (bicyclic) bond motifs is 1. The van der Waals surface area contributed by atoms with Crippen LogP contribution in [0.5, 0.6) is 11.5 Å². The summed E-state index contributed by atoms with van der Waals surface area (Å²) in [5.41, 5.74) is 2.96. The average molecular weight is 529 g/mol. The van der Waals surface area contributed by atoms with Crippen molar-refractivity contribution in [2.45, 2.75) is 26.0 Å². The Hall–Kier alpha value is -3.46. The van der Waals surface area contributed by atoms with Gasteiger partial charge in [-0.3, -0.25) is 4.90 Å². The standard InChI is InChI=1S/C29H28N4O2S2/c1-34-22-9-7-20(8-10-22)18-35-23-6-4-5-21(15-23)32-29-28-25(30-19-31-29)16-27(37-28)26-12-11-24(36-26)17-33-13-2-3-14-33/h4-12,15-16,19H,2-3,13-14,17-18H2,1H3,(H,30,31,32). The minimum absolute atomic E-state index is 0.486. The second kappa shape index (κ2) is 10.9. The molecule has 1 fully saturated rings.